The highest BCUT2D eigenvalue weighted by molar-refractivity contribution is 7.21. The van der Waals surface area contributed by atoms with Crippen molar-refractivity contribution < 1.29 is 9.18 Å². The molecule has 1 aromatic carbocycles. The van der Waals surface area contributed by atoms with E-state index in [-0.39, 0.29) is 17.0 Å². The molecule has 0 aliphatic heterocycles. The van der Waals surface area contributed by atoms with Crippen LogP contribution >= 0.6 is 22.7 Å². The Kier molecular flexibility index (Phi) is 5.18. The molecule has 32 heavy (non-hydrogen) atoms. The summed E-state index contributed by atoms with van der Waals surface area (Å²) >= 11 is 3.04. The second-order valence-corrected chi connectivity index (χ2v) is 11.5. The molecule has 0 bridgehead atoms. The Balaban J connectivity index is 1.71. The van der Waals surface area contributed by atoms with Gasteiger partial charge in [0.05, 0.1) is 5.69 Å². The van der Waals surface area contributed by atoms with Gasteiger partial charge in [0.15, 0.2) is 0 Å². The number of nitrogens with zero attached hydrogens (tertiary/aromatic N) is 1. The number of thiophene rings is 2. The molecule has 0 spiro atoms. The van der Waals surface area contributed by atoms with Gasteiger partial charge in [0.1, 0.15) is 15.5 Å². The number of rotatable bonds is 3. The fraction of sp³-hybridized carbons (Fsp3) is 0.308. The van der Waals surface area contributed by atoms with Gasteiger partial charge in [0.2, 0.25) is 5.78 Å². The van der Waals surface area contributed by atoms with E-state index in [2.05, 4.69) is 32.2 Å². The molecule has 1 atom stereocenters. The number of carbonyl (C=O) groups is 1. The van der Waals surface area contributed by atoms with Crippen LogP contribution in [-0.4, -0.2) is 10.8 Å². The third-order valence-corrected chi connectivity index (χ3v) is 8.54. The summed E-state index contributed by atoms with van der Waals surface area (Å²) in [5.41, 5.74) is 11.3. The van der Waals surface area contributed by atoms with Crippen LogP contribution in [0.4, 0.5) is 10.1 Å². The van der Waals surface area contributed by atoms with Crippen LogP contribution in [0.3, 0.4) is 0 Å². The number of hydrogen-bond acceptors (Lipinski definition) is 5. The third kappa shape index (κ3) is 3.55. The number of nitrogens with two attached hydrogens (primary N) is 1. The maximum Gasteiger partial charge on any atom is 0.205 e. The SMILES string of the molecule is CC(C)(C)[C@H]1CCc2c(nc3sc(C(=O)c4ccc(F)cc4)c(N)c3c2-c2cccs2)C1. The second-order valence-electron chi connectivity index (χ2n) is 9.56. The Morgan fingerprint density at radius 3 is 2.59 bits per heavy atom. The molecule has 1 aliphatic rings. The molecule has 3 heterocycles. The number of nitrogen functional groups attached to an aromatic ring is 1. The van der Waals surface area contributed by atoms with Crippen LogP contribution in [0.1, 0.15) is 53.7 Å². The van der Waals surface area contributed by atoms with Crippen LogP contribution in [0.2, 0.25) is 0 Å². The Morgan fingerprint density at radius 1 is 1.19 bits per heavy atom. The minimum atomic E-state index is -0.367. The summed E-state index contributed by atoms with van der Waals surface area (Å²) in [5, 5.41) is 2.96. The zero-order chi connectivity index (χ0) is 22.6. The first-order valence-electron chi connectivity index (χ1n) is 10.8. The summed E-state index contributed by atoms with van der Waals surface area (Å²) in [7, 11) is 0. The highest BCUT2D eigenvalue weighted by Crippen LogP contribution is 2.47. The van der Waals surface area contributed by atoms with E-state index in [1.54, 1.807) is 11.3 Å². The maximum absolute atomic E-state index is 13.4. The highest BCUT2D eigenvalue weighted by atomic mass is 32.1. The first-order valence-corrected chi connectivity index (χ1v) is 12.5. The second kappa shape index (κ2) is 7.78. The van der Waals surface area contributed by atoms with Crippen molar-refractivity contribution in [3.63, 3.8) is 0 Å². The lowest BCUT2D eigenvalue weighted by Crippen LogP contribution is -2.27. The minimum Gasteiger partial charge on any atom is -0.397 e. The molecular weight excluding hydrogens is 439 g/mol. The van der Waals surface area contributed by atoms with Gasteiger partial charge >= 0.3 is 0 Å². The number of halogens is 1. The van der Waals surface area contributed by atoms with Gasteiger partial charge in [-0.2, -0.15) is 0 Å². The number of pyridine rings is 1. The molecule has 3 aromatic heterocycles. The van der Waals surface area contributed by atoms with Crippen LogP contribution < -0.4 is 5.73 Å². The fourth-order valence-corrected chi connectivity index (χ4v) is 6.55. The summed E-state index contributed by atoms with van der Waals surface area (Å²) in [6.45, 7) is 6.89. The molecule has 3 nitrogen and oxygen atoms in total. The number of anilines is 1. The molecule has 0 saturated carbocycles. The standard InChI is InChI=1S/C26H25FN2OS2/c1-26(2,3)15-8-11-17-18(13-15)29-25-21(20(17)19-5-4-12-31-19)22(28)24(32-25)23(30)14-6-9-16(27)10-7-14/h4-7,9-10,12,15H,8,11,13,28H2,1-3H3/t15-/m0/s1. The first-order chi connectivity index (χ1) is 15.2. The van der Waals surface area contributed by atoms with Crippen molar-refractivity contribution in [2.24, 2.45) is 11.3 Å². The van der Waals surface area contributed by atoms with Gasteiger partial charge in [-0.05, 0) is 71.9 Å². The number of fused-ring (bicyclic) bond motifs is 2. The number of hydrogen-bond donors (Lipinski definition) is 1. The number of carbonyl (C=O) groups excluding carboxylic acids is 1. The Hall–Kier alpha value is -2.57. The summed E-state index contributed by atoms with van der Waals surface area (Å²) in [5.74, 6) is 0.00974. The fourth-order valence-electron chi connectivity index (χ4n) is 4.66. The highest BCUT2D eigenvalue weighted by Gasteiger charge is 2.33. The minimum absolute atomic E-state index is 0.187. The molecule has 0 amide bonds. The molecule has 4 aromatic rings. The monoisotopic (exact) mass is 464 g/mol. The molecule has 1 aliphatic carbocycles. The molecule has 0 fully saturated rings. The van der Waals surface area contributed by atoms with Crippen LogP contribution in [0.25, 0.3) is 20.7 Å². The Bertz CT molecular complexity index is 1320. The topological polar surface area (TPSA) is 56.0 Å². The average molecular weight is 465 g/mol. The molecule has 0 radical (unpaired) electrons. The third-order valence-electron chi connectivity index (χ3n) is 6.55. The molecule has 164 valence electrons. The predicted molar refractivity (Wildman–Crippen MR) is 132 cm³/mol. The predicted octanol–water partition coefficient (Wildman–Crippen LogP) is 7.13. The van der Waals surface area contributed by atoms with E-state index in [0.717, 1.165) is 45.6 Å². The molecule has 5 rings (SSSR count). The van der Waals surface area contributed by atoms with Gasteiger partial charge in [-0.25, -0.2) is 9.37 Å². The summed E-state index contributed by atoms with van der Waals surface area (Å²) < 4.78 is 13.4. The maximum atomic E-state index is 13.4. The Labute approximate surface area is 195 Å². The van der Waals surface area contributed by atoms with Gasteiger partial charge < -0.3 is 5.73 Å². The summed E-state index contributed by atoms with van der Waals surface area (Å²) in [6, 6.07) is 9.79. The van der Waals surface area contributed by atoms with Gasteiger partial charge in [0, 0.05) is 27.1 Å². The van der Waals surface area contributed by atoms with E-state index in [1.807, 2.05) is 6.07 Å². The van der Waals surface area contributed by atoms with E-state index in [9.17, 15) is 9.18 Å². The van der Waals surface area contributed by atoms with E-state index < -0.39 is 0 Å². The Morgan fingerprint density at radius 2 is 1.94 bits per heavy atom. The molecule has 2 N–H and O–H groups in total. The van der Waals surface area contributed by atoms with Gasteiger partial charge in [-0.15, -0.1) is 22.7 Å². The van der Waals surface area contributed by atoms with Crippen molar-refractivity contribution in [3.8, 4) is 10.4 Å². The van der Waals surface area contributed by atoms with E-state index in [0.29, 0.717) is 22.0 Å². The molecule has 6 heteroatoms. The zero-order valence-corrected chi connectivity index (χ0v) is 20.0. The van der Waals surface area contributed by atoms with E-state index >= 15 is 0 Å². The lowest BCUT2D eigenvalue weighted by Gasteiger charge is -2.35. The lowest BCUT2D eigenvalue weighted by molar-refractivity contribution is 0.104. The van der Waals surface area contributed by atoms with E-state index in [4.69, 9.17) is 10.7 Å². The largest absolute Gasteiger partial charge is 0.397 e. The van der Waals surface area contributed by atoms with Crippen LogP contribution in [0.15, 0.2) is 41.8 Å². The smallest absolute Gasteiger partial charge is 0.205 e. The summed E-state index contributed by atoms with van der Waals surface area (Å²) in [4.78, 5) is 20.7. The number of benzene rings is 1. The van der Waals surface area contributed by atoms with Crippen LogP contribution in [0, 0.1) is 17.2 Å². The van der Waals surface area contributed by atoms with Crippen molar-refractivity contribution in [2.45, 2.75) is 40.0 Å². The zero-order valence-electron chi connectivity index (χ0n) is 18.4. The molecule has 0 saturated heterocycles. The van der Waals surface area contributed by atoms with Crippen LogP contribution in [-0.2, 0) is 12.8 Å². The first kappa shape index (κ1) is 21.3. The molecular formula is C26H25FN2OS2. The van der Waals surface area contributed by atoms with E-state index in [1.165, 1.54) is 41.2 Å². The van der Waals surface area contributed by atoms with Crippen molar-refractivity contribution in [1.29, 1.82) is 0 Å². The van der Waals surface area contributed by atoms with Gasteiger partial charge in [0.25, 0.3) is 0 Å². The lowest BCUT2D eigenvalue weighted by atomic mass is 9.71. The van der Waals surface area contributed by atoms with Crippen molar-refractivity contribution in [2.75, 3.05) is 5.73 Å². The normalized spacial score (nSPS) is 16.3. The van der Waals surface area contributed by atoms with Crippen molar-refractivity contribution >= 4 is 44.4 Å². The van der Waals surface area contributed by atoms with Crippen molar-refractivity contribution in [3.05, 3.63) is 69.3 Å². The quantitative estimate of drug-likeness (QED) is 0.328. The summed E-state index contributed by atoms with van der Waals surface area (Å²) in [6.07, 6.45) is 3.02. The number of aromatic nitrogens is 1. The van der Waals surface area contributed by atoms with Gasteiger partial charge in [-0.3, -0.25) is 4.79 Å². The van der Waals surface area contributed by atoms with Crippen LogP contribution in [0.5, 0.6) is 0 Å². The number of ketones is 1. The molecule has 0 unspecified atom stereocenters. The van der Waals surface area contributed by atoms with Crippen molar-refractivity contribution in [1.82, 2.24) is 4.98 Å². The average Bonchev–Trinajstić information content (AvgIpc) is 3.40. The van der Waals surface area contributed by atoms with Gasteiger partial charge in [-0.1, -0.05) is 26.8 Å².